The minimum absolute atomic E-state index is 0.218. The fourth-order valence-corrected chi connectivity index (χ4v) is 5.42. The molecule has 0 radical (unpaired) electrons. The number of unbranched alkanes of at least 4 members (excludes halogenated alkanes) is 2. The van der Waals surface area contributed by atoms with Crippen LogP contribution in [-0.2, 0) is 13.0 Å². The molecule has 1 N–H and O–H groups in total. The number of benzene rings is 2. The Morgan fingerprint density at radius 1 is 0.976 bits per heavy atom. The molecular weight excluding hydrogens is 526 g/mol. The van der Waals surface area contributed by atoms with E-state index in [2.05, 4.69) is 81.2 Å². The van der Waals surface area contributed by atoms with Crippen molar-refractivity contribution in [3.8, 4) is 33.9 Å². The third-order valence-corrected chi connectivity index (χ3v) is 8.00. The second-order valence-corrected chi connectivity index (χ2v) is 11.8. The minimum Gasteiger partial charge on any atom is -0.493 e. The molecule has 2 heterocycles. The maximum atomic E-state index is 13.3. The van der Waals surface area contributed by atoms with Crippen LogP contribution in [0.3, 0.4) is 0 Å². The zero-order chi connectivity index (χ0) is 30.2. The van der Waals surface area contributed by atoms with Crippen LogP contribution in [-0.4, -0.2) is 48.3 Å². The van der Waals surface area contributed by atoms with Gasteiger partial charge in [-0.3, -0.25) is 9.69 Å². The molecule has 1 aliphatic heterocycles. The summed E-state index contributed by atoms with van der Waals surface area (Å²) >= 11 is 0. The van der Waals surface area contributed by atoms with Crippen LogP contribution in [0.2, 0.25) is 0 Å². The molecule has 228 valence electrons. The third kappa shape index (κ3) is 7.17. The number of amides is 1. The number of carbonyl (C=O) groups is 1. The molecule has 0 saturated heterocycles. The molecule has 0 bridgehead atoms. The second-order valence-electron chi connectivity index (χ2n) is 11.8. The van der Waals surface area contributed by atoms with E-state index in [4.69, 9.17) is 14.0 Å². The highest BCUT2D eigenvalue weighted by atomic mass is 16.5. The Labute approximate surface area is 252 Å². The molecule has 0 fully saturated rings. The number of nitrogens with zero attached hydrogens (tertiary/aromatic N) is 2. The van der Waals surface area contributed by atoms with Crippen molar-refractivity contribution in [1.29, 1.82) is 0 Å². The van der Waals surface area contributed by atoms with Crippen LogP contribution in [0.4, 0.5) is 0 Å². The van der Waals surface area contributed by atoms with E-state index < -0.39 is 0 Å². The number of rotatable bonds is 14. The summed E-state index contributed by atoms with van der Waals surface area (Å²) in [6.45, 7) is 18.7. The fourth-order valence-electron chi connectivity index (χ4n) is 5.42. The zero-order valence-corrected chi connectivity index (χ0v) is 26.6. The fraction of sp³-hybridized carbons (Fsp3) is 0.543. The second kappa shape index (κ2) is 14.7. The first-order valence-corrected chi connectivity index (χ1v) is 15.9. The summed E-state index contributed by atoms with van der Waals surface area (Å²) in [5.74, 6) is 1.70. The van der Waals surface area contributed by atoms with Gasteiger partial charge in [0.15, 0.2) is 0 Å². The summed E-state index contributed by atoms with van der Waals surface area (Å²) in [5.41, 5.74) is 6.77. The standard InChI is InChI=1S/C35H49N3O4/c1-8-11-17-40-30-21-31(41-18-12-9-2)29(20-28(30)23(4)5)33-32(34(42-37-33)35(39)36-10-3)26-13-14-27-22-38(24(6)7)16-15-25(27)19-26/h13-14,19-21,23-24H,8-12,15-18,22H2,1-7H3,(H,36,39). The van der Waals surface area contributed by atoms with Crippen LogP contribution < -0.4 is 14.8 Å². The van der Waals surface area contributed by atoms with Crippen LogP contribution in [0.25, 0.3) is 22.4 Å². The van der Waals surface area contributed by atoms with Gasteiger partial charge in [0.1, 0.15) is 17.2 Å². The average molecular weight is 576 g/mol. The van der Waals surface area contributed by atoms with Gasteiger partial charge in [-0.1, -0.05) is 63.9 Å². The van der Waals surface area contributed by atoms with Crippen molar-refractivity contribution in [1.82, 2.24) is 15.4 Å². The zero-order valence-electron chi connectivity index (χ0n) is 26.6. The summed E-state index contributed by atoms with van der Waals surface area (Å²) in [7, 11) is 0. The van der Waals surface area contributed by atoms with Gasteiger partial charge in [-0.25, -0.2) is 0 Å². The molecule has 1 aliphatic rings. The van der Waals surface area contributed by atoms with Crippen molar-refractivity contribution < 1.29 is 18.8 Å². The Bertz CT molecular complexity index is 1340. The SMILES string of the molecule is CCCCOc1cc(OCCCC)c(C(C)C)cc1-c1noc(C(=O)NCC)c1-c1ccc2c(c1)CCN(C(C)C)C2. The van der Waals surface area contributed by atoms with Gasteiger partial charge in [0.2, 0.25) is 5.76 Å². The number of carbonyl (C=O) groups excluding carboxylic acids is 1. The lowest BCUT2D eigenvalue weighted by Crippen LogP contribution is -2.35. The van der Waals surface area contributed by atoms with Crippen LogP contribution in [0, 0.1) is 0 Å². The van der Waals surface area contributed by atoms with Gasteiger partial charge in [0.25, 0.3) is 5.91 Å². The number of hydrogen-bond donors (Lipinski definition) is 1. The Hall–Kier alpha value is -3.32. The normalized spacial score (nSPS) is 13.5. The lowest BCUT2D eigenvalue weighted by Gasteiger charge is -2.32. The highest BCUT2D eigenvalue weighted by molar-refractivity contribution is 6.02. The predicted octanol–water partition coefficient (Wildman–Crippen LogP) is 8.01. The molecule has 7 nitrogen and oxygen atoms in total. The summed E-state index contributed by atoms with van der Waals surface area (Å²) in [6, 6.07) is 11.1. The molecule has 0 aliphatic carbocycles. The topological polar surface area (TPSA) is 76.8 Å². The van der Waals surface area contributed by atoms with Crippen LogP contribution in [0.5, 0.6) is 11.5 Å². The maximum absolute atomic E-state index is 13.3. The molecule has 42 heavy (non-hydrogen) atoms. The average Bonchev–Trinajstić information content (AvgIpc) is 3.42. The first kappa shape index (κ1) is 31.6. The highest BCUT2D eigenvalue weighted by Crippen LogP contribution is 2.44. The first-order valence-electron chi connectivity index (χ1n) is 15.9. The van der Waals surface area contributed by atoms with Gasteiger partial charge in [-0.15, -0.1) is 0 Å². The number of nitrogens with one attached hydrogen (secondary N) is 1. The van der Waals surface area contributed by atoms with Crippen molar-refractivity contribution in [3.63, 3.8) is 0 Å². The molecular formula is C35H49N3O4. The predicted molar refractivity (Wildman–Crippen MR) is 170 cm³/mol. The quantitative estimate of drug-likeness (QED) is 0.196. The molecule has 0 atom stereocenters. The van der Waals surface area contributed by atoms with E-state index in [9.17, 15) is 4.79 Å². The lowest BCUT2D eigenvalue weighted by molar-refractivity contribution is 0.0920. The minimum atomic E-state index is -0.271. The van der Waals surface area contributed by atoms with Gasteiger partial charge in [-0.2, -0.15) is 0 Å². The van der Waals surface area contributed by atoms with Crippen LogP contribution in [0.1, 0.15) is 107 Å². The molecule has 0 saturated carbocycles. The lowest BCUT2D eigenvalue weighted by atomic mass is 9.90. The largest absolute Gasteiger partial charge is 0.493 e. The van der Waals surface area contributed by atoms with Crippen molar-refractivity contribution in [2.75, 3.05) is 26.3 Å². The van der Waals surface area contributed by atoms with Crippen molar-refractivity contribution in [2.24, 2.45) is 0 Å². The monoisotopic (exact) mass is 575 g/mol. The molecule has 3 aromatic rings. The Morgan fingerprint density at radius 2 is 1.69 bits per heavy atom. The number of aromatic nitrogens is 1. The van der Waals surface area contributed by atoms with E-state index >= 15 is 0 Å². The maximum Gasteiger partial charge on any atom is 0.290 e. The number of hydrogen-bond acceptors (Lipinski definition) is 6. The molecule has 7 heteroatoms. The van der Waals surface area contributed by atoms with Crippen molar-refractivity contribution >= 4 is 5.91 Å². The van der Waals surface area contributed by atoms with E-state index in [1.54, 1.807) is 0 Å². The van der Waals surface area contributed by atoms with E-state index in [0.717, 1.165) is 67.6 Å². The summed E-state index contributed by atoms with van der Waals surface area (Å²) in [6.07, 6.45) is 4.98. The Balaban J connectivity index is 1.88. The third-order valence-electron chi connectivity index (χ3n) is 8.00. The highest BCUT2D eigenvalue weighted by Gasteiger charge is 2.29. The van der Waals surface area contributed by atoms with Crippen LogP contribution >= 0.6 is 0 Å². The number of fused-ring (bicyclic) bond motifs is 1. The first-order chi connectivity index (χ1) is 20.3. The van der Waals surface area contributed by atoms with E-state index in [-0.39, 0.29) is 17.6 Å². The van der Waals surface area contributed by atoms with Crippen LogP contribution in [0.15, 0.2) is 34.9 Å². The van der Waals surface area contributed by atoms with Gasteiger partial charge in [0.05, 0.1) is 18.8 Å². The van der Waals surface area contributed by atoms with E-state index in [0.29, 0.717) is 42.8 Å². The summed E-state index contributed by atoms with van der Waals surface area (Å²) in [4.78, 5) is 15.7. The Kier molecular flexibility index (Phi) is 11.1. The molecule has 0 spiro atoms. The molecule has 1 aromatic heterocycles. The molecule has 2 aromatic carbocycles. The van der Waals surface area contributed by atoms with Crippen molar-refractivity contribution in [2.45, 2.75) is 99.1 Å². The molecule has 0 unspecified atom stereocenters. The smallest absolute Gasteiger partial charge is 0.290 e. The van der Waals surface area contributed by atoms with Gasteiger partial charge in [0, 0.05) is 37.3 Å². The number of ether oxygens (including phenoxy) is 2. The summed E-state index contributed by atoms with van der Waals surface area (Å²) in [5, 5.41) is 7.45. The van der Waals surface area contributed by atoms with Gasteiger partial charge < -0.3 is 19.3 Å². The molecule has 4 rings (SSSR count). The van der Waals surface area contributed by atoms with E-state index in [1.807, 2.05) is 13.0 Å². The van der Waals surface area contributed by atoms with Crippen molar-refractivity contribution in [3.05, 3.63) is 52.8 Å². The Morgan fingerprint density at radius 3 is 2.33 bits per heavy atom. The van der Waals surface area contributed by atoms with Gasteiger partial charge >= 0.3 is 0 Å². The molecule has 1 amide bonds. The van der Waals surface area contributed by atoms with E-state index in [1.165, 1.54) is 11.1 Å². The van der Waals surface area contributed by atoms with Gasteiger partial charge in [-0.05, 0) is 74.3 Å². The summed E-state index contributed by atoms with van der Waals surface area (Å²) < 4.78 is 18.5.